The SMILES string of the molecule is CC(C1CC1)n1c(CCCl)nc2cnc3ccccc3c21. The number of rotatable bonds is 4. The summed E-state index contributed by atoms with van der Waals surface area (Å²) in [6, 6.07) is 8.80. The highest BCUT2D eigenvalue weighted by atomic mass is 35.5. The van der Waals surface area contributed by atoms with Gasteiger partial charge in [0.05, 0.1) is 17.2 Å². The molecule has 1 atom stereocenters. The van der Waals surface area contributed by atoms with Crippen LogP contribution in [-0.2, 0) is 6.42 Å². The number of para-hydroxylation sites is 1. The molecule has 108 valence electrons. The van der Waals surface area contributed by atoms with Crippen molar-refractivity contribution in [3.63, 3.8) is 0 Å². The minimum atomic E-state index is 0.485. The fraction of sp³-hybridized carbons (Fsp3) is 0.412. The number of aryl methyl sites for hydroxylation is 1. The third-order valence-electron chi connectivity index (χ3n) is 4.53. The van der Waals surface area contributed by atoms with E-state index >= 15 is 0 Å². The third kappa shape index (κ3) is 2.11. The maximum Gasteiger partial charge on any atom is 0.111 e. The van der Waals surface area contributed by atoms with Crippen molar-refractivity contribution in [2.75, 3.05) is 5.88 Å². The van der Waals surface area contributed by atoms with Crippen molar-refractivity contribution in [2.24, 2.45) is 5.92 Å². The molecular formula is C17H18ClN3. The predicted molar refractivity (Wildman–Crippen MR) is 86.9 cm³/mol. The van der Waals surface area contributed by atoms with E-state index in [1.807, 2.05) is 12.3 Å². The van der Waals surface area contributed by atoms with Crippen molar-refractivity contribution >= 4 is 33.5 Å². The summed E-state index contributed by atoms with van der Waals surface area (Å²) in [6.45, 7) is 2.31. The van der Waals surface area contributed by atoms with Crippen molar-refractivity contribution < 1.29 is 0 Å². The fourth-order valence-electron chi connectivity index (χ4n) is 3.26. The lowest BCUT2D eigenvalue weighted by molar-refractivity contribution is 0.482. The molecule has 0 radical (unpaired) electrons. The zero-order valence-corrected chi connectivity index (χ0v) is 12.8. The molecule has 0 bridgehead atoms. The molecule has 1 aliphatic carbocycles. The number of pyridine rings is 1. The first-order valence-electron chi connectivity index (χ1n) is 7.60. The van der Waals surface area contributed by atoms with Crippen LogP contribution in [0.2, 0.25) is 0 Å². The minimum absolute atomic E-state index is 0.485. The van der Waals surface area contributed by atoms with Gasteiger partial charge in [0.1, 0.15) is 11.3 Å². The summed E-state index contributed by atoms with van der Waals surface area (Å²) in [4.78, 5) is 9.33. The Labute approximate surface area is 129 Å². The molecule has 21 heavy (non-hydrogen) atoms. The topological polar surface area (TPSA) is 30.7 Å². The lowest BCUT2D eigenvalue weighted by Gasteiger charge is -2.17. The lowest BCUT2D eigenvalue weighted by Crippen LogP contribution is -2.12. The van der Waals surface area contributed by atoms with Crippen molar-refractivity contribution in [3.8, 4) is 0 Å². The molecule has 1 aliphatic rings. The number of nitrogens with zero attached hydrogens (tertiary/aromatic N) is 3. The van der Waals surface area contributed by atoms with Crippen LogP contribution in [-0.4, -0.2) is 20.4 Å². The molecule has 1 unspecified atom stereocenters. The Morgan fingerprint density at radius 3 is 2.86 bits per heavy atom. The van der Waals surface area contributed by atoms with Gasteiger partial charge in [-0.3, -0.25) is 4.98 Å². The second kappa shape index (κ2) is 4.99. The average Bonchev–Trinajstić information content (AvgIpc) is 3.28. The van der Waals surface area contributed by atoms with E-state index in [0.29, 0.717) is 11.9 Å². The Balaban J connectivity index is 2.04. The van der Waals surface area contributed by atoms with Gasteiger partial charge in [0.15, 0.2) is 0 Å². The van der Waals surface area contributed by atoms with Crippen LogP contribution in [0.4, 0.5) is 0 Å². The van der Waals surface area contributed by atoms with Crippen LogP contribution in [0, 0.1) is 5.92 Å². The standard InChI is InChI=1S/C17H18ClN3/c1-11(12-6-7-12)21-16(8-9-18)20-15-10-19-14-5-3-2-4-13(14)17(15)21/h2-5,10-12H,6-9H2,1H3. The van der Waals surface area contributed by atoms with Gasteiger partial charge in [-0.2, -0.15) is 0 Å². The minimum Gasteiger partial charge on any atom is -0.324 e. The zero-order valence-electron chi connectivity index (χ0n) is 12.1. The van der Waals surface area contributed by atoms with Crippen molar-refractivity contribution in [1.29, 1.82) is 0 Å². The van der Waals surface area contributed by atoms with E-state index < -0.39 is 0 Å². The molecule has 0 N–H and O–H groups in total. The summed E-state index contributed by atoms with van der Waals surface area (Å²) >= 11 is 5.98. The van der Waals surface area contributed by atoms with Gasteiger partial charge in [0, 0.05) is 23.7 Å². The van der Waals surface area contributed by atoms with E-state index in [1.54, 1.807) is 0 Å². The molecular weight excluding hydrogens is 282 g/mol. The molecule has 2 heterocycles. The van der Waals surface area contributed by atoms with Gasteiger partial charge in [0.2, 0.25) is 0 Å². The number of aromatic nitrogens is 3. The van der Waals surface area contributed by atoms with Crippen LogP contribution in [0.3, 0.4) is 0 Å². The van der Waals surface area contributed by atoms with Crippen molar-refractivity contribution in [2.45, 2.75) is 32.2 Å². The number of alkyl halides is 1. The second-order valence-electron chi connectivity index (χ2n) is 5.92. The van der Waals surface area contributed by atoms with Gasteiger partial charge in [-0.05, 0) is 31.7 Å². The fourth-order valence-corrected chi connectivity index (χ4v) is 3.43. The van der Waals surface area contributed by atoms with Gasteiger partial charge >= 0.3 is 0 Å². The van der Waals surface area contributed by atoms with E-state index in [4.69, 9.17) is 16.6 Å². The van der Waals surface area contributed by atoms with Crippen molar-refractivity contribution in [1.82, 2.24) is 14.5 Å². The average molecular weight is 300 g/mol. The summed E-state index contributed by atoms with van der Waals surface area (Å²) in [5.74, 6) is 2.48. The van der Waals surface area contributed by atoms with Crippen LogP contribution in [0.1, 0.15) is 31.6 Å². The molecule has 2 aromatic heterocycles. The lowest BCUT2D eigenvalue weighted by atomic mass is 10.1. The van der Waals surface area contributed by atoms with E-state index in [-0.39, 0.29) is 0 Å². The first-order chi connectivity index (χ1) is 10.3. The number of hydrogen-bond acceptors (Lipinski definition) is 2. The quantitative estimate of drug-likeness (QED) is 0.671. The van der Waals surface area contributed by atoms with Gasteiger partial charge in [-0.15, -0.1) is 11.6 Å². The molecule has 1 aromatic carbocycles. The third-order valence-corrected chi connectivity index (χ3v) is 4.71. The van der Waals surface area contributed by atoms with Crippen molar-refractivity contribution in [3.05, 3.63) is 36.3 Å². The van der Waals surface area contributed by atoms with Gasteiger partial charge < -0.3 is 4.57 Å². The zero-order chi connectivity index (χ0) is 14.4. The highest BCUT2D eigenvalue weighted by Gasteiger charge is 2.31. The Hall–Kier alpha value is -1.61. The van der Waals surface area contributed by atoms with E-state index in [2.05, 4.69) is 34.7 Å². The molecule has 0 amide bonds. The molecule has 4 heteroatoms. The predicted octanol–water partition coefficient (Wildman–Crippen LogP) is 4.34. The van der Waals surface area contributed by atoms with E-state index in [0.717, 1.165) is 29.2 Å². The smallest absolute Gasteiger partial charge is 0.111 e. The maximum atomic E-state index is 5.98. The van der Waals surface area contributed by atoms with Crippen LogP contribution >= 0.6 is 11.6 Å². The highest BCUT2D eigenvalue weighted by Crippen LogP contribution is 2.42. The molecule has 3 aromatic rings. The Morgan fingerprint density at radius 1 is 1.29 bits per heavy atom. The Morgan fingerprint density at radius 2 is 2.10 bits per heavy atom. The highest BCUT2D eigenvalue weighted by molar-refractivity contribution is 6.18. The molecule has 3 nitrogen and oxygen atoms in total. The summed E-state index contributed by atoms with van der Waals surface area (Å²) in [7, 11) is 0. The number of benzene rings is 1. The first kappa shape index (κ1) is 13.1. The number of hydrogen-bond donors (Lipinski definition) is 0. The number of imidazole rings is 1. The monoisotopic (exact) mass is 299 g/mol. The maximum absolute atomic E-state index is 5.98. The molecule has 1 saturated carbocycles. The van der Waals surface area contributed by atoms with E-state index in [9.17, 15) is 0 Å². The summed E-state index contributed by atoms with van der Waals surface area (Å²) in [5.41, 5.74) is 3.24. The van der Waals surface area contributed by atoms with Crippen LogP contribution in [0.15, 0.2) is 30.5 Å². The van der Waals surface area contributed by atoms with Gasteiger partial charge in [-0.25, -0.2) is 4.98 Å². The van der Waals surface area contributed by atoms with E-state index in [1.165, 1.54) is 23.7 Å². The van der Waals surface area contributed by atoms with Crippen LogP contribution < -0.4 is 0 Å². The molecule has 1 fully saturated rings. The number of halogens is 1. The Kier molecular flexibility index (Phi) is 3.11. The Bertz CT molecular complexity index is 804. The first-order valence-corrected chi connectivity index (χ1v) is 8.13. The summed E-state index contributed by atoms with van der Waals surface area (Å²) in [6.07, 6.45) is 5.35. The molecule has 4 rings (SSSR count). The molecule has 0 spiro atoms. The molecule has 0 saturated heterocycles. The summed E-state index contributed by atoms with van der Waals surface area (Å²) in [5, 5.41) is 1.19. The van der Waals surface area contributed by atoms with Crippen LogP contribution in [0.5, 0.6) is 0 Å². The number of fused-ring (bicyclic) bond motifs is 3. The van der Waals surface area contributed by atoms with Crippen LogP contribution in [0.25, 0.3) is 21.9 Å². The largest absolute Gasteiger partial charge is 0.324 e. The van der Waals surface area contributed by atoms with Gasteiger partial charge in [0.25, 0.3) is 0 Å². The van der Waals surface area contributed by atoms with Gasteiger partial charge in [-0.1, -0.05) is 18.2 Å². The molecule has 0 aliphatic heterocycles. The summed E-state index contributed by atoms with van der Waals surface area (Å²) < 4.78 is 2.42. The normalized spacial score (nSPS) is 16.7. The second-order valence-corrected chi connectivity index (χ2v) is 6.30.